The minimum atomic E-state index is -1.68. The fourth-order valence-electron chi connectivity index (χ4n) is 1.88. The van der Waals surface area contributed by atoms with Crippen LogP contribution in [-0.2, 0) is 0 Å². The molecule has 0 saturated carbocycles. The molecule has 9 heteroatoms. The Bertz CT molecular complexity index is 729. The zero-order chi connectivity index (χ0) is 14.2. The van der Waals surface area contributed by atoms with Crippen molar-refractivity contribution in [3.63, 3.8) is 0 Å². The molecule has 2 aromatic carbocycles. The standard InChI is InChI=1S/C13H8O6.3Na/c14-11(15)7-4-6-2-1-3-8(12(16)17)10(6)9(5-7)13(18)19;;;/h1-5H,(H,14,15)(H,16,17)(H,18,19);;;/q;3*+1/p-3. The van der Waals surface area contributed by atoms with E-state index < -0.39 is 23.5 Å². The van der Waals surface area contributed by atoms with Crippen LogP contribution in [0.15, 0.2) is 30.3 Å². The third-order valence-corrected chi connectivity index (χ3v) is 2.65. The fraction of sp³-hybridized carbons (Fsp3) is 0. The van der Waals surface area contributed by atoms with Gasteiger partial charge in [0.1, 0.15) is 0 Å². The second-order valence-corrected chi connectivity index (χ2v) is 3.79. The van der Waals surface area contributed by atoms with Gasteiger partial charge in [-0.3, -0.25) is 0 Å². The first-order chi connectivity index (χ1) is 8.91. The maximum Gasteiger partial charge on any atom is 1.00 e. The maximum atomic E-state index is 11.0. The average molecular weight is 326 g/mol. The van der Waals surface area contributed by atoms with Crippen LogP contribution in [0.5, 0.6) is 0 Å². The number of fused-ring (bicyclic) bond motifs is 1. The molecule has 0 saturated heterocycles. The van der Waals surface area contributed by atoms with Crippen LogP contribution in [0.2, 0.25) is 0 Å². The number of carbonyl (C=O) groups is 3. The van der Waals surface area contributed by atoms with E-state index in [1.807, 2.05) is 0 Å². The van der Waals surface area contributed by atoms with E-state index in [2.05, 4.69) is 0 Å². The van der Waals surface area contributed by atoms with Crippen LogP contribution in [0.25, 0.3) is 10.8 Å². The molecule has 96 valence electrons. The predicted molar refractivity (Wildman–Crippen MR) is 56.9 cm³/mol. The minimum absolute atomic E-state index is 0. The van der Waals surface area contributed by atoms with Gasteiger partial charge in [-0.2, -0.15) is 0 Å². The molecular weight excluding hydrogens is 321 g/mol. The molecule has 0 heterocycles. The van der Waals surface area contributed by atoms with E-state index in [4.69, 9.17) is 0 Å². The van der Waals surface area contributed by atoms with Crippen LogP contribution < -0.4 is 104 Å². The van der Waals surface area contributed by atoms with Crippen LogP contribution in [0.3, 0.4) is 0 Å². The number of carboxylic acids is 3. The number of hydrogen-bond donors (Lipinski definition) is 0. The van der Waals surface area contributed by atoms with E-state index in [1.165, 1.54) is 18.2 Å². The number of carboxylic acid groups (broad SMARTS) is 3. The monoisotopic (exact) mass is 326 g/mol. The number of carbonyl (C=O) groups excluding carboxylic acids is 3. The molecule has 0 N–H and O–H groups in total. The van der Waals surface area contributed by atoms with Gasteiger partial charge in [0.05, 0.1) is 17.9 Å². The van der Waals surface area contributed by atoms with E-state index in [1.54, 1.807) is 0 Å². The molecular formula is C13H5Na3O6. The van der Waals surface area contributed by atoms with Crippen molar-refractivity contribution in [2.45, 2.75) is 0 Å². The zero-order valence-corrected chi connectivity index (χ0v) is 18.3. The van der Waals surface area contributed by atoms with Gasteiger partial charge in [-0.25, -0.2) is 0 Å². The molecule has 2 rings (SSSR count). The Kier molecular flexibility index (Phi) is 11.2. The number of rotatable bonds is 3. The van der Waals surface area contributed by atoms with E-state index in [0.717, 1.165) is 12.1 Å². The second kappa shape index (κ2) is 10.1. The summed E-state index contributed by atoms with van der Waals surface area (Å²) in [6, 6.07) is 5.85. The second-order valence-electron chi connectivity index (χ2n) is 3.79. The third kappa shape index (κ3) is 5.06. The molecule has 0 spiro atoms. The summed E-state index contributed by atoms with van der Waals surface area (Å²) in [7, 11) is 0. The summed E-state index contributed by atoms with van der Waals surface area (Å²) in [5, 5.41) is 32.8. The first-order valence-electron chi connectivity index (χ1n) is 5.12. The first kappa shape index (κ1) is 24.4. The van der Waals surface area contributed by atoms with E-state index in [0.29, 0.717) is 0 Å². The number of aromatic carboxylic acids is 3. The van der Waals surface area contributed by atoms with Crippen LogP contribution in [0, 0.1) is 0 Å². The molecule has 0 aliphatic rings. The quantitative estimate of drug-likeness (QED) is 0.517. The first-order valence-corrected chi connectivity index (χ1v) is 5.12. The van der Waals surface area contributed by atoms with Crippen molar-refractivity contribution in [3.8, 4) is 0 Å². The van der Waals surface area contributed by atoms with Gasteiger partial charge in [0, 0.05) is 11.1 Å². The summed E-state index contributed by atoms with van der Waals surface area (Å²) in [6.07, 6.45) is 0. The van der Waals surface area contributed by atoms with Crippen LogP contribution >= 0.6 is 0 Å². The summed E-state index contributed by atoms with van der Waals surface area (Å²) >= 11 is 0. The summed E-state index contributed by atoms with van der Waals surface area (Å²) in [5.41, 5.74) is -1.25. The van der Waals surface area contributed by atoms with Gasteiger partial charge in [0.25, 0.3) is 0 Å². The van der Waals surface area contributed by atoms with Gasteiger partial charge < -0.3 is 29.7 Å². The maximum absolute atomic E-state index is 11.0. The van der Waals surface area contributed by atoms with Crippen molar-refractivity contribution in [2.75, 3.05) is 0 Å². The van der Waals surface area contributed by atoms with Gasteiger partial charge in [-0.1, -0.05) is 18.2 Å². The van der Waals surface area contributed by atoms with E-state index >= 15 is 0 Å². The molecule has 0 aliphatic heterocycles. The molecule has 0 amide bonds. The van der Waals surface area contributed by atoms with Gasteiger partial charge in [0.15, 0.2) is 0 Å². The molecule has 0 unspecified atom stereocenters. The molecule has 0 fully saturated rings. The predicted octanol–water partition coefficient (Wildman–Crippen LogP) is -11.1. The van der Waals surface area contributed by atoms with Crippen molar-refractivity contribution in [3.05, 3.63) is 47.0 Å². The summed E-state index contributed by atoms with van der Waals surface area (Å²) in [6.45, 7) is 0. The van der Waals surface area contributed by atoms with Gasteiger partial charge in [-0.15, -0.1) is 0 Å². The Balaban J connectivity index is 0. The SMILES string of the molecule is O=C([O-])c1cc(C(=O)[O-])c2c(C(=O)[O-])cccc2c1.[Na+].[Na+].[Na+]. The number of benzene rings is 2. The summed E-state index contributed by atoms with van der Waals surface area (Å²) < 4.78 is 0. The molecule has 0 aliphatic carbocycles. The van der Waals surface area contributed by atoms with Crippen molar-refractivity contribution < 1.29 is 118 Å². The van der Waals surface area contributed by atoms with Crippen LogP contribution in [0.1, 0.15) is 31.1 Å². The van der Waals surface area contributed by atoms with Crippen molar-refractivity contribution in [2.24, 2.45) is 0 Å². The van der Waals surface area contributed by atoms with E-state index in [9.17, 15) is 29.7 Å². The Morgan fingerprint density at radius 3 is 1.73 bits per heavy atom. The van der Waals surface area contributed by atoms with Gasteiger partial charge in [-0.05, 0) is 28.5 Å². The Morgan fingerprint density at radius 1 is 0.727 bits per heavy atom. The molecule has 2 aromatic rings. The third-order valence-electron chi connectivity index (χ3n) is 2.65. The Hall–Kier alpha value is 0.110. The summed E-state index contributed by atoms with van der Waals surface area (Å²) in [5.74, 6) is -4.81. The Morgan fingerprint density at radius 2 is 1.27 bits per heavy atom. The average Bonchev–Trinajstić information content (AvgIpc) is 2.36. The summed E-state index contributed by atoms with van der Waals surface area (Å²) in [4.78, 5) is 32.8. The molecule has 6 nitrogen and oxygen atoms in total. The fourth-order valence-corrected chi connectivity index (χ4v) is 1.88. The smallest absolute Gasteiger partial charge is 0.545 e. The largest absolute Gasteiger partial charge is 1.00 e. The minimum Gasteiger partial charge on any atom is -0.545 e. The zero-order valence-electron chi connectivity index (χ0n) is 12.3. The van der Waals surface area contributed by atoms with Crippen molar-refractivity contribution in [1.82, 2.24) is 0 Å². The molecule has 0 aromatic heterocycles. The van der Waals surface area contributed by atoms with Crippen molar-refractivity contribution >= 4 is 28.7 Å². The molecule has 0 radical (unpaired) electrons. The van der Waals surface area contributed by atoms with E-state index in [-0.39, 0.29) is 111 Å². The van der Waals surface area contributed by atoms with Crippen LogP contribution in [0.4, 0.5) is 0 Å². The van der Waals surface area contributed by atoms with Gasteiger partial charge in [0.2, 0.25) is 0 Å². The van der Waals surface area contributed by atoms with Crippen LogP contribution in [-0.4, -0.2) is 17.9 Å². The topological polar surface area (TPSA) is 120 Å². The van der Waals surface area contributed by atoms with Crippen molar-refractivity contribution in [1.29, 1.82) is 0 Å². The number of hydrogen-bond acceptors (Lipinski definition) is 6. The van der Waals surface area contributed by atoms with Gasteiger partial charge >= 0.3 is 88.7 Å². The molecule has 0 atom stereocenters. The normalized spacial score (nSPS) is 8.91. The molecule has 22 heavy (non-hydrogen) atoms. The molecule has 0 bridgehead atoms. The Labute approximate surface area is 191 Å².